The largest absolute Gasteiger partial charge is 0.507 e. The predicted molar refractivity (Wildman–Crippen MR) is 111 cm³/mol. The zero-order chi connectivity index (χ0) is 24.3. The van der Waals surface area contributed by atoms with Crippen LogP contribution < -0.4 is 9.47 Å². The van der Waals surface area contributed by atoms with E-state index < -0.39 is 54.6 Å². The number of phenolic OH excluding ortho intramolecular Hbond substituents is 3. The molecule has 1 saturated heterocycles. The molecular weight excluding hydrogens is 440 g/mol. The summed E-state index contributed by atoms with van der Waals surface area (Å²) in [5.74, 6) is -1.72. The van der Waals surface area contributed by atoms with Gasteiger partial charge < -0.3 is 50.0 Å². The van der Waals surface area contributed by atoms with Gasteiger partial charge in [0.2, 0.25) is 6.29 Å². The Balaban J connectivity index is 1.70. The molecule has 7 N–H and O–H groups in total. The molecule has 0 spiro atoms. The third-order valence-corrected chi connectivity index (χ3v) is 5.33. The Bertz CT molecular complexity index is 967. The molecule has 1 heterocycles. The van der Waals surface area contributed by atoms with Crippen molar-refractivity contribution in [1.82, 2.24) is 0 Å². The Labute approximate surface area is 188 Å². The molecule has 11 heteroatoms. The van der Waals surface area contributed by atoms with Crippen LogP contribution in [0, 0.1) is 0 Å². The predicted octanol–water partition coefficient (Wildman–Crippen LogP) is -0.194. The molecule has 0 saturated carbocycles. The number of aromatic hydroxyl groups is 3. The van der Waals surface area contributed by atoms with Crippen LogP contribution in [-0.4, -0.2) is 86.0 Å². The number of methoxy groups -OCH3 is 1. The van der Waals surface area contributed by atoms with E-state index in [9.17, 15) is 40.5 Å². The second-order valence-electron chi connectivity index (χ2n) is 7.58. The van der Waals surface area contributed by atoms with Gasteiger partial charge >= 0.3 is 0 Å². The molecule has 0 amide bonds. The van der Waals surface area contributed by atoms with E-state index in [0.29, 0.717) is 5.56 Å². The minimum atomic E-state index is -1.69. The van der Waals surface area contributed by atoms with Gasteiger partial charge in [0, 0.05) is 18.6 Å². The zero-order valence-electron chi connectivity index (χ0n) is 17.7. The number of aryl methyl sites for hydroxylation is 1. The van der Waals surface area contributed by atoms with Crippen molar-refractivity contribution in [3.05, 3.63) is 41.5 Å². The van der Waals surface area contributed by atoms with E-state index >= 15 is 0 Å². The van der Waals surface area contributed by atoms with Crippen molar-refractivity contribution in [3.63, 3.8) is 0 Å². The van der Waals surface area contributed by atoms with Crippen molar-refractivity contribution in [2.75, 3.05) is 13.7 Å². The second kappa shape index (κ2) is 10.2. The first-order valence-corrected chi connectivity index (χ1v) is 10.1. The quantitative estimate of drug-likeness (QED) is 0.256. The number of phenols is 3. The summed E-state index contributed by atoms with van der Waals surface area (Å²) in [5, 5.41) is 69.3. The van der Waals surface area contributed by atoms with Crippen LogP contribution in [0.15, 0.2) is 30.3 Å². The van der Waals surface area contributed by atoms with Crippen molar-refractivity contribution >= 4 is 5.78 Å². The molecular formula is C22H26O11. The maximum absolute atomic E-state index is 12.6. The van der Waals surface area contributed by atoms with Gasteiger partial charge in [0.1, 0.15) is 47.2 Å². The third kappa shape index (κ3) is 5.29. The van der Waals surface area contributed by atoms with E-state index in [0.717, 1.165) is 12.1 Å². The molecule has 0 bridgehead atoms. The number of hydrogen-bond acceptors (Lipinski definition) is 11. The van der Waals surface area contributed by atoms with Gasteiger partial charge in [0.05, 0.1) is 13.7 Å². The Kier molecular flexibility index (Phi) is 7.61. The van der Waals surface area contributed by atoms with Gasteiger partial charge in [0.15, 0.2) is 17.3 Å². The standard InChI is InChI=1S/C22H26O11/c1-31-16-5-3-10(6-13(16)25)2-4-12(24)18-14(26)7-11(8-15(18)27)32-22-21(30)20(29)19(28)17(9-23)33-22/h3,5-8,17,19-23,25-30H,2,4,9H2,1H3. The van der Waals surface area contributed by atoms with E-state index in [1.165, 1.54) is 13.2 Å². The fourth-order valence-electron chi connectivity index (χ4n) is 3.51. The van der Waals surface area contributed by atoms with Crippen LogP contribution >= 0.6 is 0 Å². The van der Waals surface area contributed by atoms with Gasteiger partial charge in [-0.3, -0.25) is 4.79 Å². The summed E-state index contributed by atoms with van der Waals surface area (Å²) in [4.78, 5) is 12.6. The summed E-state index contributed by atoms with van der Waals surface area (Å²) in [7, 11) is 1.41. The van der Waals surface area contributed by atoms with Crippen molar-refractivity contribution in [1.29, 1.82) is 0 Å². The van der Waals surface area contributed by atoms with Crippen molar-refractivity contribution < 1.29 is 54.8 Å². The van der Waals surface area contributed by atoms with Crippen molar-refractivity contribution in [3.8, 4) is 28.7 Å². The highest BCUT2D eigenvalue weighted by Gasteiger charge is 2.44. The molecule has 1 aliphatic heterocycles. The number of aliphatic hydroxyl groups is 4. The van der Waals surface area contributed by atoms with E-state index in [1.54, 1.807) is 12.1 Å². The maximum Gasteiger partial charge on any atom is 0.229 e. The van der Waals surface area contributed by atoms with Crippen molar-refractivity contribution in [2.45, 2.75) is 43.5 Å². The highest BCUT2D eigenvalue weighted by molar-refractivity contribution is 6.01. The summed E-state index contributed by atoms with van der Waals surface area (Å²) in [5.41, 5.74) is 0.303. The normalized spacial score (nSPS) is 24.9. The summed E-state index contributed by atoms with van der Waals surface area (Å²) < 4.78 is 15.5. The molecule has 2 aromatic carbocycles. The SMILES string of the molecule is COc1ccc(CCC(=O)c2c(O)cc(OC3OC(CO)C(O)C(O)C3O)cc2O)cc1O. The van der Waals surface area contributed by atoms with Crippen LogP contribution in [0.4, 0.5) is 0 Å². The number of ketones is 1. The Morgan fingerprint density at radius 3 is 2.21 bits per heavy atom. The van der Waals surface area contributed by atoms with Gasteiger partial charge in [-0.2, -0.15) is 0 Å². The first kappa shape index (κ1) is 24.6. The fourth-order valence-corrected chi connectivity index (χ4v) is 3.51. The van der Waals surface area contributed by atoms with Gasteiger partial charge in [-0.05, 0) is 24.1 Å². The summed E-state index contributed by atoms with van der Waals surface area (Å²) in [6.45, 7) is -0.652. The van der Waals surface area contributed by atoms with Crippen LogP contribution in [-0.2, 0) is 11.2 Å². The number of Topliss-reactive ketones (excluding diaryl/α,β-unsaturated/α-hetero) is 1. The average molecular weight is 466 g/mol. The average Bonchev–Trinajstić information content (AvgIpc) is 2.77. The zero-order valence-corrected chi connectivity index (χ0v) is 17.7. The second-order valence-corrected chi connectivity index (χ2v) is 7.58. The fraction of sp³-hybridized carbons (Fsp3) is 0.409. The first-order valence-electron chi connectivity index (χ1n) is 10.1. The molecule has 3 rings (SSSR count). The lowest BCUT2D eigenvalue weighted by atomic mass is 9.99. The molecule has 11 nitrogen and oxygen atoms in total. The maximum atomic E-state index is 12.6. The molecule has 180 valence electrons. The number of carbonyl (C=O) groups is 1. The van der Waals surface area contributed by atoms with Crippen molar-refractivity contribution in [2.24, 2.45) is 0 Å². The van der Waals surface area contributed by atoms with Gasteiger partial charge in [-0.15, -0.1) is 0 Å². The number of rotatable bonds is 8. The highest BCUT2D eigenvalue weighted by atomic mass is 16.7. The van der Waals surface area contributed by atoms with Crippen LogP contribution in [0.1, 0.15) is 22.3 Å². The van der Waals surface area contributed by atoms with E-state index in [2.05, 4.69) is 0 Å². The van der Waals surface area contributed by atoms with Gasteiger partial charge in [-0.25, -0.2) is 0 Å². The monoisotopic (exact) mass is 466 g/mol. The van der Waals surface area contributed by atoms with Crippen LogP contribution in [0.2, 0.25) is 0 Å². The number of carbonyl (C=O) groups excluding carboxylic acids is 1. The molecule has 33 heavy (non-hydrogen) atoms. The first-order chi connectivity index (χ1) is 15.7. The smallest absolute Gasteiger partial charge is 0.229 e. The topological polar surface area (TPSA) is 186 Å². The van der Waals surface area contributed by atoms with Gasteiger partial charge in [0.25, 0.3) is 0 Å². The lowest BCUT2D eigenvalue weighted by Crippen LogP contribution is -2.60. The molecule has 5 atom stereocenters. The Morgan fingerprint density at radius 2 is 1.64 bits per heavy atom. The Hall–Kier alpha value is -3.09. The molecule has 0 radical (unpaired) electrons. The lowest BCUT2D eigenvalue weighted by molar-refractivity contribution is -0.277. The van der Waals surface area contributed by atoms with Crippen LogP contribution in [0.5, 0.6) is 28.7 Å². The lowest BCUT2D eigenvalue weighted by Gasteiger charge is -2.39. The Morgan fingerprint density at radius 1 is 0.970 bits per heavy atom. The summed E-state index contributed by atoms with van der Waals surface area (Å²) >= 11 is 0. The van der Waals surface area contributed by atoms with Gasteiger partial charge in [-0.1, -0.05) is 6.07 Å². The number of ether oxygens (including phenoxy) is 3. The molecule has 0 aromatic heterocycles. The van der Waals surface area contributed by atoms with E-state index in [-0.39, 0.29) is 35.7 Å². The minimum Gasteiger partial charge on any atom is -0.507 e. The summed E-state index contributed by atoms with van der Waals surface area (Å²) in [6, 6.07) is 6.71. The molecule has 0 aliphatic carbocycles. The number of benzene rings is 2. The van der Waals surface area contributed by atoms with E-state index in [1.807, 2.05) is 0 Å². The molecule has 5 unspecified atom stereocenters. The highest BCUT2D eigenvalue weighted by Crippen LogP contribution is 2.35. The number of aliphatic hydroxyl groups excluding tert-OH is 4. The third-order valence-electron chi connectivity index (χ3n) is 5.33. The molecule has 2 aromatic rings. The molecule has 1 aliphatic rings. The van der Waals surface area contributed by atoms with Crippen LogP contribution in [0.25, 0.3) is 0 Å². The summed E-state index contributed by atoms with van der Waals surface area (Å²) in [6.07, 6.45) is -7.51. The van der Waals surface area contributed by atoms with E-state index in [4.69, 9.17) is 14.2 Å². The molecule has 1 fully saturated rings. The minimum absolute atomic E-state index is 0.0807. The van der Waals surface area contributed by atoms with Crippen LogP contribution in [0.3, 0.4) is 0 Å². The number of hydrogen-bond donors (Lipinski definition) is 7.